The quantitative estimate of drug-likeness (QED) is 0.740. The van der Waals surface area contributed by atoms with Gasteiger partial charge >= 0.3 is 0 Å². The number of pyridine rings is 1. The lowest BCUT2D eigenvalue weighted by Gasteiger charge is -2.40. The Bertz CT molecular complexity index is 948. The van der Waals surface area contributed by atoms with Gasteiger partial charge in [0.25, 0.3) is 6.01 Å². The molecule has 29 heavy (non-hydrogen) atoms. The molecule has 7 heteroatoms. The number of hydrogen-bond acceptors (Lipinski definition) is 6. The van der Waals surface area contributed by atoms with E-state index < -0.39 is 0 Å². The maximum Gasteiger partial charge on any atom is 0.298 e. The van der Waals surface area contributed by atoms with Crippen LogP contribution in [0.5, 0.6) is 0 Å². The number of benzene rings is 1. The molecule has 150 valence electrons. The van der Waals surface area contributed by atoms with Gasteiger partial charge in [0.15, 0.2) is 5.58 Å². The molecule has 0 aliphatic carbocycles. The zero-order valence-electron chi connectivity index (χ0n) is 16.3. The minimum Gasteiger partial charge on any atom is -0.423 e. The minimum atomic E-state index is 0.0490. The number of rotatable bonds is 3. The Balaban J connectivity index is 1.26. The van der Waals surface area contributed by atoms with E-state index in [2.05, 4.69) is 26.3 Å². The van der Waals surface area contributed by atoms with E-state index in [0.29, 0.717) is 6.01 Å². The number of para-hydroxylation sites is 2. The summed E-state index contributed by atoms with van der Waals surface area (Å²) in [6, 6.07) is 12.5. The van der Waals surface area contributed by atoms with Crippen LogP contribution in [-0.4, -0.2) is 53.5 Å². The first-order chi connectivity index (χ1) is 14.3. The first-order valence-electron chi connectivity index (χ1n) is 10.3. The molecule has 2 aliphatic heterocycles. The van der Waals surface area contributed by atoms with Gasteiger partial charge in [0.05, 0.1) is 6.04 Å². The largest absolute Gasteiger partial charge is 0.423 e. The number of carbonyl (C=O) groups excluding carboxylic acids is 1. The average molecular weight is 391 g/mol. The number of amides is 1. The standard InChI is InChI=1S/C22H25N5O2/c28-21(27-13-10-24-15-19(27)17-4-3-9-23-14-17)16-7-11-26(12-8-16)22-25-18-5-1-2-6-20(18)29-22/h1-6,9,14,16,19,24H,7-8,10-13,15H2. The van der Waals surface area contributed by atoms with Gasteiger partial charge in [-0.05, 0) is 36.6 Å². The molecule has 4 heterocycles. The van der Waals surface area contributed by atoms with Gasteiger partial charge in [-0.25, -0.2) is 0 Å². The Morgan fingerprint density at radius 2 is 1.97 bits per heavy atom. The fourth-order valence-electron chi connectivity index (χ4n) is 4.39. The van der Waals surface area contributed by atoms with Gasteiger partial charge in [-0.1, -0.05) is 18.2 Å². The second kappa shape index (κ2) is 7.83. The number of aromatic nitrogens is 2. The summed E-state index contributed by atoms with van der Waals surface area (Å²) in [5.74, 6) is 0.311. The van der Waals surface area contributed by atoms with E-state index in [9.17, 15) is 4.79 Å². The number of piperazine rings is 1. The van der Waals surface area contributed by atoms with Gasteiger partial charge in [-0.3, -0.25) is 9.78 Å². The molecule has 2 saturated heterocycles. The highest BCUT2D eigenvalue weighted by Crippen LogP contribution is 2.30. The van der Waals surface area contributed by atoms with Crippen molar-refractivity contribution < 1.29 is 9.21 Å². The predicted octanol–water partition coefficient (Wildman–Crippen LogP) is 2.61. The van der Waals surface area contributed by atoms with Crippen molar-refractivity contribution in [2.24, 2.45) is 5.92 Å². The van der Waals surface area contributed by atoms with Crippen molar-refractivity contribution >= 4 is 23.0 Å². The Morgan fingerprint density at radius 1 is 1.10 bits per heavy atom. The van der Waals surface area contributed by atoms with E-state index in [1.807, 2.05) is 41.4 Å². The number of nitrogens with zero attached hydrogens (tertiary/aromatic N) is 4. The van der Waals surface area contributed by atoms with Crippen molar-refractivity contribution in [3.8, 4) is 0 Å². The van der Waals surface area contributed by atoms with Crippen LogP contribution < -0.4 is 10.2 Å². The number of hydrogen-bond donors (Lipinski definition) is 1. The third-order valence-electron chi connectivity index (χ3n) is 5.99. The highest BCUT2D eigenvalue weighted by Gasteiger charge is 2.34. The van der Waals surface area contributed by atoms with E-state index >= 15 is 0 Å². The van der Waals surface area contributed by atoms with E-state index in [0.717, 1.165) is 62.2 Å². The molecule has 2 fully saturated rings. The number of piperidine rings is 1. The Hall–Kier alpha value is -2.93. The van der Waals surface area contributed by atoms with Crippen molar-refractivity contribution in [3.05, 3.63) is 54.4 Å². The average Bonchev–Trinajstić information content (AvgIpc) is 3.24. The number of fused-ring (bicyclic) bond motifs is 1. The molecule has 2 aliphatic rings. The normalized spacial score (nSPS) is 20.9. The smallest absolute Gasteiger partial charge is 0.298 e. The van der Waals surface area contributed by atoms with Crippen LogP contribution >= 0.6 is 0 Å². The summed E-state index contributed by atoms with van der Waals surface area (Å²) in [6.45, 7) is 3.92. The van der Waals surface area contributed by atoms with Crippen molar-refractivity contribution in [1.82, 2.24) is 20.2 Å². The van der Waals surface area contributed by atoms with Crippen LogP contribution in [0.2, 0.25) is 0 Å². The molecule has 7 nitrogen and oxygen atoms in total. The molecule has 1 aromatic carbocycles. The molecule has 0 saturated carbocycles. The molecule has 5 rings (SSSR count). The summed E-state index contributed by atoms with van der Waals surface area (Å²) < 4.78 is 5.90. The lowest BCUT2D eigenvalue weighted by Crippen LogP contribution is -2.51. The van der Waals surface area contributed by atoms with E-state index in [1.54, 1.807) is 6.20 Å². The second-order valence-corrected chi connectivity index (χ2v) is 7.76. The summed E-state index contributed by atoms with van der Waals surface area (Å²) in [7, 11) is 0. The molecule has 1 N–H and O–H groups in total. The molecule has 2 aromatic heterocycles. The summed E-state index contributed by atoms with van der Waals surface area (Å²) >= 11 is 0. The molecule has 0 spiro atoms. The van der Waals surface area contributed by atoms with Gasteiger partial charge in [0.1, 0.15) is 5.52 Å². The number of anilines is 1. The van der Waals surface area contributed by atoms with Gasteiger partial charge in [0.2, 0.25) is 5.91 Å². The second-order valence-electron chi connectivity index (χ2n) is 7.76. The molecule has 1 atom stereocenters. The third-order valence-corrected chi connectivity index (χ3v) is 5.99. The number of nitrogens with one attached hydrogen (secondary N) is 1. The lowest BCUT2D eigenvalue weighted by molar-refractivity contribution is -0.139. The van der Waals surface area contributed by atoms with Gasteiger partial charge in [-0.15, -0.1) is 0 Å². The SMILES string of the molecule is O=C(C1CCN(c2nc3ccccc3o2)CC1)N1CCNCC1c1cccnc1. The topological polar surface area (TPSA) is 74.5 Å². The van der Waals surface area contributed by atoms with Gasteiger partial charge in [-0.2, -0.15) is 4.98 Å². The maximum atomic E-state index is 13.3. The Kier molecular flexibility index (Phi) is 4.89. The summed E-state index contributed by atoms with van der Waals surface area (Å²) in [6.07, 6.45) is 5.28. The Labute approximate surface area is 169 Å². The van der Waals surface area contributed by atoms with E-state index in [4.69, 9.17) is 4.42 Å². The molecular weight excluding hydrogens is 366 g/mol. The highest BCUT2D eigenvalue weighted by atomic mass is 16.4. The van der Waals surface area contributed by atoms with Crippen LogP contribution in [-0.2, 0) is 4.79 Å². The molecule has 0 bridgehead atoms. The van der Waals surface area contributed by atoms with Gasteiger partial charge in [0, 0.05) is 51.0 Å². The lowest BCUT2D eigenvalue weighted by atomic mass is 9.93. The molecule has 0 radical (unpaired) electrons. The number of oxazole rings is 1. The van der Waals surface area contributed by atoms with Crippen molar-refractivity contribution in [3.63, 3.8) is 0 Å². The summed E-state index contributed by atoms with van der Waals surface area (Å²) in [5.41, 5.74) is 2.78. The van der Waals surface area contributed by atoms with Crippen LogP contribution in [0.25, 0.3) is 11.1 Å². The first kappa shape index (κ1) is 18.1. The molecular formula is C22H25N5O2. The monoisotopic (exact) mass is 391 g/mol. The van der Waals surface area contributed by atoms with E-state index in [1.165, 1.54) is 0 Å². The van der Waals surface area contributed by atoms with E-state index in [-0.39, 0.29) is 17.9 Å². The zero-order chi connectivity index (χ0) is 19.6. The molecule has 1 amide bonds. The summed E-state index contributed by atoms with van der Waals surface area (Å²) in [4.78, 5) is 26.4. The van der Waals surface area contributed by atoms with Gasteiger partial charge < -0.3 is 19.5 Å². The van der Waals surface area contributed by atoms with Crippen LogP contribution in [0, 0.1) is 5.92 Å². The van der Waals surface area contributed by atoms with Crippen LogP contribution in [0.15, 0.2) is 53.2 Å². The Morgan fingerprint density at radius 3 is 2.76 bits per heavy atom. The third kappa shape index (κ3) is 3.58. The minimum absolute atomic E-state index is 0.0490. The number of carbonyl (C=O) groups is 1. The highest BCUT2D eigenvalue weighted by molar-refractivity contribution is 5.80. The van der Waals surface area contributed by atoms with Crippen LogP contribution in [0.4, 0.5) is 6.01 Å². The fraction of sp³-hybridized carbons (Fsp3) is 0.409. The zero-order valence-corrected chi connectivity index (χ0v) is 16.3. The summed E-state index contributed by atoms with van der Waals surface area (Å²) in [5, 5.41) is 3.41. The first-order valence-corrected chi connectivity index (χ1v) is 10.3. The molecule has 3 aromatic rings. The fourth-order valence-corrected chi connectivity index (χ4v) is 4.39. The van der Waals surface area contributed by atoms with Crippen LogP contribution in [0.3, 0.4) is 0 Å². The predicted molar refractivity (Wildman–Crippen MR) is 111 cm³/mol. The van der Waals surface area contributed by atoms with Crippen LogP contribution in [0.1, 0.15) is 24.4 Å². The van der Waals surface area contributed by atoms with Crippen molar-refractivity contribution in [2.75, 3.05) is 37.6 Å². The van der Waals surface area contributed by atoms with Crippen molar-refractivity contribution in [1.29, 1.82) is 0 Å². The maximum absolute atomic E-state index is 13.3. The molecule has 1 unspecified atom stereocenters. The van der Waals surface area contributed by atoms with Crippen molar-refractivity contribution in [2.45, 2.75) is 18.9 Å².